The summed E-state index contributed by atoms with van der Waals surface area (Å²) < 4.78 is 5.03. The van der Waals surface area contributed by atoms with Crippen molar-refractivity contribution < 1.29 is 9.53 Å². The maximum absolute atomic E-state index is 12.0. The predicted molar refractivity (Wildman–Crippen MR) is 101 cm³/mol. The Bertz CT molecular complexity index is 857. The monoisotopic (exact) mass is 350 g/mol. The van der Waals surface area contributed by atoms with Crippen LogP contribution < -0.4 is 4.90 Å². The molecule has 0 radical (unpaired) electrons. The molecule has 3 aromatic rings. The predicted octanol–water partition coefficient (Wildman–Crippen LogP) is 4.19. The molecule has 0 amide bonds. The molecule has 6 nitrogen and oxygen atoms in total. The summed E-state index contributed by atoms with van der Waals surface area (Å²) in [7, 11) is 0. The van der Waals surface area contributed by atoms with Crippen molar-refractivity contribution in [3.8, 4) is 11.3 Å². The van der Waals surface area contributed by atoms with E-state index in [0.29, 0.717) is 18.3 Å². The SMILES string of the molecule is CCOC(=O)c1n[nH]nc1-c1ccc(N(c2ccccc2)C(C)C)cc1. The lowest BCUT2D eigenvalue weighted by Crippen LogP contribution is -2.25. The van der Waals surface area contributed by atoms with Gasteiger partial charge in [0.1, 0.15) is 5.69 Å². The Kier molecular flexibility index (Phi) is 5.31. The van der Waals surface area contributed by atoms with Gasteiger partial charge in [0.25, 0.3) is 0 Å². The summed E-state index contributed by atoms with van der Waals surface area (Å²) in [6, 6.07) is 18.5. The van der Waals surface area contributed by atoms with E-state index >= 15 is 0 Å². The normalized spacial score (nSPS) is 10.8. The van der Waals surface area contributed by atoms with Gasteiger partial charge < -0.3 is 9.64 Å². The number of anilines is 2. The van der Waals surface area contributed by atoms with Gasteiger partial charge in [0.2, 0.25) is 0 Å². The molecule has 1 aromatic heterocycles. The number of nitrogens with one attached hydrogen (secondary N) is 1. The molecule has 134 valence electrons. The number of aromatic amines is 1. The van der Waals surface area contributed by atoms with Crippen molar-refractivity contribution in [2.24, 2.45) is 0 Å². The van der Waals surface area contributed by atoms with Gasteiger partial charge in [0.05, 0.1) is 6.61 Å². The highest BCUT2D eigenvalue weighted by Gasteiger charge is 2.19. The number of carbonyl (C=O) groups excluding carboxylic acids is 1. The van der Waals surface area contributed by atoms with Crippen LogP contribution in [-0.4, -0.2) is 34.0 Å². The van der Waals surface area contributed by atoms with E-state index in [0.717, 1.165) is 16.9 Å². The topological polar surface area (TPSA) is 71.1 Å². The highest BCUT2D eigenvalue weighted by molar-refractivity contribution is 5.94. The van der Waals surface area contributed by atoms with E-state index in [9.17, 15) is 4.79 Å². The molecule has 0 aliphatic carbocycles. The Balaban J connectivity index is 1.92. The van der Waals surface area contributed by atoms with Crippen LogP contribution in [0.15, 0.2) is 54.6 Å². The molecular formula is C20H22N4O2. The maximum Gasteiger partial charge on any atom is 0.361 e. The number of ether oxygens (including phenoxy) is 1. The maximum atomic E-state index is 12.0. The Morgan fingerprint density at radius 1 is 1.04 bits per heavy atom. The molecule has 0 bridgehead atoms. The second kappa shape index (κ2) is 7.82. The van der Waals surface area contributed by atoms with Crippen molar-refractivity contribution in [3.05, 3.63) is 60.3 Å². The molecule has 0 aliphatic heterocycles. The quantitative estimate of drug-likeness (QED) is 0.675. The number of aromatic nitrogens is 3. The lowest BCUT2D eigenvalue weighted by Gasteiger charge is -2.29. The van der Waals surface area contributed by atoms with Crippen molar-refractivity contribution in [2.45, 2.75) is 26.8 Å². The molecule has 1 N–H and O–H groups in total. The van der Waals surface area contributed by atoms with Gasteiger partial charge >= 0.3 is 5.97 Å². The standard InChI is InChI=1S/C20H22N4O2/c1-4-26-20(25)19-18(21-23-22-19)15-10-12-17(13-11-15)24(14(2)3)16-8-6-5-7-9-16/h5-14H,4H2,1-3H3,(H,21,22,23). The summed E-state index contributed by atoms with van der Waals surface area (Å²) in [5.41, 5.74) is 3.69. The van der Waals surface area contributed by atoms with E-state index in [1.807, 2.05) is 42.5 Å². The molecule has 2 aromatic carbocycles. The number of esters is 1. The van der Waals surface area contributed by atoms with Crippen LogP contribution in [0.5, 0.6) is 0 Å². The lowest BCUT2D eigenvalue weighted by atomic mass is 10.1. The molecule has 0 atom stereocenters. The molecule has 0 fully saturated rings. The van der Waals surface area contributed by atoms with E-state index in [1.165, 1.54) is 0 Å². The van der Waals surface area contributed by atoms with E-state index in [2.05, 4.69) is 46.3 Å². The lowest BCUT2D eigenvalue weighted by molar-refractivity contribution is 0.0520. The van der Waals surface area contributed by atoms with Crippen LogP contribution in [0.1, 0.15) is 31.3 Å². The summed E-state index contributed by atoms with van der Waals surface area (Å²) in [5, 5.41) is 10.5. The largest absolute Gasteiger partial charge is 0.461 e. The molecule has 6 heteroatoms. The molecule has 26 heavy (non-hydrogen) atoms. The van der Waals surface area contributed by atoms with Crippen LogP contribution in [0.25, 0.3) is 11.3 Å². The average Bonchev–Trinajstić information content (AvgIpc) is 3.13. The highest BCUT2D eigenvalue weighted by Crippen LogP contribution is 2.30. The number of para-hydroxylation sites is 1. The number of benzene rings is 2. The molecule has 0 unspecified atom stereocenters. The Hall–Kier alpha value is -3.15. The fourth-order valence-corrected chi connectivity index (χ4v) is 2.89. The summed E-state index contributed by atoms with van der Waals surface area (Å²) >= 11 is 0. The van der Waals surface area contributed by atoms with Gasteiger partial charge in [-0.05, 0) is 45.0 Å². The minimum atomic E-state index is -0.478. The number of hydrogen-bond donors (Lipinski definition) is 1. The molecule has 3 rings (SSSR count). The molecular weight excluding hydrogens is 328 g/mol. The zero-order chi connectivity index (χ0) is 18.5. The van der Waals surface area contributed by atoms with E-state index < -0.39 is 5.97 Å². The number of H-pyrrole nitrogens is 1. The van der Waals surface area contributed by atoms with E-state index in [4.69, 9.17) is 4.74 Å². The molecule has 1 heterocycles. The van der Waals surface area contributed by atoms with Crippen LogP contribution >= 0.6 is 0 Å². The number of hydrogen-bond acceptors (Lipinski definition) is 5. The van der Waals surface area contributed by atoms with E-state index in [-0.39, 0.29) is 5.69 Å². The molecule has 0 spiro atoms. The summed E-state index contributed by atoms with van der Waals surface area (Å²) in [5.74, 6) is -0.478. The van der Waals surface area contributed by atoms with Crippen molar-refractivity contribution in [1.29, 1.82) is 0 Å². The minimum Gasteiger partial charge on any atom is -0.461 e. The van der Waals surface area contributed by atoms with Gasteiger partial charge in [-0.15, -0.1) is 5.10 Å². The van der Waals surface area contributed by atoms with Gasteiger partial charge in [-0.1, -0.05) is 30.3 Å². The van der Waals surface area contributed by atoms with Gasteiger partial charge in [0.15, 0.2) is 5.69 Å². The van der Waals surface area contributed by atoms with Crippen molar-refractivity contribution in [3.63, 3.8) is 0 Å². The second-order valence-corrected chi connectivity index (χ2v) is 6.09. The van der Waals surface area contributed by atoms with Crippen LogP contribution in [0.4, 0.5) is 11.4 Å². The van der Waals surface area contributed by atoms with Gasteiger partial charge in [-0.2, -0.15) is 10.3 Å². The first-order valence-electron chi connectivity index (χ1n) is 8.64. The Labute approximate surface area is 152 Å². The minimum absolute atomic E-state index is 0.198. The number of nitrogens with zero attached hydrogens (tertiary/aromatic N) is 3. The fourth-order valence-electron chi connectivity index (χ4n) is 2.89. The Morgan fingerprint density at radius 3 is 2.31 bits per heavy atom. The first-order chi connectivity index (χ1) is 12.6. The fraction of sp³-hybridized carbons (Fsp3) is 0.250. The second-order valence-electron chi connectivity index (χ2n) is 6.09. The first-order valence-corrected chi connectivity index (χ1v) is 8.64. The smallest absolute Gasteiger partial charge is 0.361 e. The summed E-state index contributed by atoms with van der Waals surface area (Å²) in [6.45, 7) is 6.36. The van der Waals surface area contributed by atoms with Gasteiger partial charge in [-0.3, -0.25) is 0 Å². The molecule has 0 aliphatic rings. The zero-order valence-corrected chi connectivity index (χ0v) is 15.1. The number of rotatable bonds is 6. The van der Waals surface area contributed by atoms with Crippen molar-refractivity contribution in [2.75, 3.05) is 11.5 Å². The van der Waals surface area contributed by atoms with Crippen LogP contribution in [0.2, 0.25) is 0 Å². The zero-order valence-electron chi connectivity index (χ0n) is 15.1. The average molecular weight is 350 g/mol. The first kappa shape index (κ1) is 17.7. The van der Waals surface area contributed by atoms with Crippen LogP contribution in [-0.2, 0) is 4.74 Å². The summed E-state index contributed by atoms with van der Waals surface area (Å²) in [4.78, 5) is 14.2. The van der Waals surface area contributed by atoms with Gasteiger partial charge in [-0.25, -0.2) is 4.79 Å². The third-order valence-corrected chi connectivity index (χ3v) is 3.99. The number of carbonyl (C=O) groups is 1. The van der Waals surface area contributed by atoms with Crippen molar-refractivity contribution >= 4 is 17.3 Å². The summed E-state index contributed by atoms with van der Waals surface area (Å²) in [6.07, 6.45) is 0. The van der Waals surface area contributed by atoms with Crippen LogP contribution in [0.3, 0.4) is 0 Å². The molecule has 0 saturated carbocycles. The van der Waals surface area contributed by atoms with E-state index in [1.54, 1.807) is 6.92 Å². The third-order valence-electron chi connectivity index (χ3n) is 3.99. The third kappa shape index (κ3) is 3.59. The highest BCUT2D eigenvalue weighted by atomic mass is 16.5. The van der Waals surface area contributed by atoms with Crippen LogP contribution in [0, 0.1) is 0 Å². The Morgan fingerprint density at radius 2 is 1.69 bits per heavy atom. The van der Waals surface area contributed by atoms with Crippen molar-refractivity contribution in [1.82, 2.24) is 15.4 Å². The van der Waals surface area contributed by atoms with Gasteiger partial charge in [0, 0.05) is 23.0 Å². The molecule has 0 saturated heterocycles.